The SMILES string of the molecule is CCn1ncc(Br)c1C(=O)CSc1cccc(F)c1. The van der Waals surface area contributed by atoms with Crippen LogP contribution in [-0.4, -0.2) is 21.3 Å². The van der Waals surface area contributed by atoms with Gasteiger partial charge in [-0.25, -0.2) is 4.39 Å². The number of hydrogen-bond acceptors (Lipinski definition) is 3. The van der Waals surface area contributed by atoms with Crippen molar-refractivity contribution in [3.63, 3.8) is 0 Å². The number of Topliss-reactive ketones (excluding diaryl/α,β-unsaturated/α-hetero) is 1. The molecule has 0 aliphatic rings. The van der Waals surface area contributed by atoms with Crippen LogP contribution in [0.2, 0.25) is 0 Å². The number of halogens is 2. The molecule has 0 radical (unpaired) electrons. The van der Waals surface area contributed by atoms with Crippen LogP contribution in [0.1, 0.15) is 17.4 Å². The first-order chi connectivity index (χ1) is 9.11. The van der Waals surface area contributed by atoms with E-state index in [2.05, 4.69) is 21.0 Å². The van der Waals surface area contributed by atoms with Crippen molar-refractivity contribution in [1.82, 2.24) is 9.78 Å². The second-order valence-corrected chi connectivity index (χ2v) is 5.73. The molecule has 2 aromatic rings. The Morgan fingerprint density at radius 3 is 3.00 bits per heavy atom. The average Bonchev–Trinajstić information content (AvgIpc) is 2.77. The fraction of sp³-hybridized carbons (Fsp3) is 0.231. The summed E-state index contributed by atoms with van der Waals surface area (Å²) in [5.41, 5.74) is 0.561. The fourth-order valence-electron chi connectivity index (χ4n) is 1.65. The lowest BCUT2D eigenvalue weighted by Gasteiger charge is -2.05. The maximum absolute atomic E-state index is 13.0. The molecular weight excluding hydrogens is 331 g/mol. The summed E-state index contributed by atoms with van der Waals surface area (Å²) in [6.07, 6.45) is 1.61. The highest BCUT2D eigenvalue weighted by atomic mass is 79.9. The molecule has 0 atom stereocenters. The fourth-order valence-corrected chi connectivity index (χ4v) is 2.98. The van der Waals surface area contributed by atoms with Gasteiger partial charge in [0.15, 0.2) is 5.78 Å². The van der Waals surface area contributed by atoms with E-state index >= 15 is 0 Å². The first-order valence-corrected chi connectivity index (χ1v) is 7.52. The lowest BCUT2D eigenvalue weighted by Crippen LogP contribution is -2.12. The van der Waals surface area contributed by atoms with Crippen molar-refractivity contribution >= 4 is 33.5 Å². The van der Waals surface area contributed by atoms with Gasteiger partial charge in [-0.2, -0.15) is 5.10 Å². The van der Waals surface area contributed by atoms with Gasteiger partial charge in [-0.1, -0.05) is 6.07 Å². The van der Waals surface area contributed by atoms with Crippen LogP contribution in [0.5, 0.6) is 0 Å². The predicted octanol–water partition coefficient (Wildman–Crippen LogP) is 3.78. The third kappa shape index (κ3) is 3.45. The first-order valence-electron chi connectivity index (χ1n) is 5.74. The topological polar surface area (TPSA) is 34.9 Å². The van der Waals surface area contributed by atoms with Gasteiger partial charge in [-0.15, -0.1) is 11.8 Å². The van der Waals surface area contributed by atoms with Gasteiger partial charge in [0.05, 0.1) is 16.4 Å². The summed E-state index contributed by atoms with van der Waals surface area (Å²) < 4.78 is 15.4. The van der Waals surface area contributed by atoms with Crippen LogP contribution in [0.3, 0.4) is 0 Å². The van der Waals surface area contributed by atoms with Gasteiger partial charge in [0.1, 0.15) is 11.5 Å². The minimum Gasteiger partial charge on any atom is -0.291 e. The first kappa shape index (κ1) is 14.3. The minimum atomic E-state index is -0.294. The van der Waals surface area contributed by atoms with Crippen LogP contribution >= 0.6 is 27.7 Å². The largest absolute Gasteiger partial charge is 0.291 e. The summed E-state index contributed by atoms with van der Waals surface area (Å²) in [7, 11) is 0. The van der Waals surface area contributed by atoms with Gasteiger partial charge >= 0.3 is 0 Å². The van der Waals surface area contributed by atoms with E-state index in [-0.39, 0.29) is 17.4 Å². The van der Waals surface area contributed by atoms with E-state index in [4.69, 9.17) is 0 Å². The Bertz CT molecular complexity index is 600. The van der Waals surface area contributed by atoms with Gasteiger partial charge < -0.3 is 0 Å². The minimum absolute atomic E-state index is 0.0273. The van der Waals surface area contributed by atoms with E-state index in [1.807, 2.05) is 6.92 Å². The number of hydrogen-bond donors (Lipinski definition) is 0. The normalized spacial score (nSPS) is 10.7. The summed E-state index contributed by atoms with van der Waals surface area (Å²) in [5, 5.41) is 4.10. The molecule has 2 rings (SSSR count). The molecule has 19 heavy (non-hydrogen) atoms. The lowest BCUT2D eigenvalue weighted by atomic mass is 10.3. The summed E-state index contributed by atoms with van der Waals surface area (Å²) in [6, 6.07) is 6.22. The molecule has 0 unspecified atom stereocenters. The lowest BCUT2D eigenvalue weighted by molar-refractivity contribution is 0.101. The molecule has 0 fully saturated rings. The number of thioether (sulfide) groups is 1. The average molecular weight is 343 g/mol. The van der Waals surface area contributed by atoms with E-state index in [1.165, 1.54) is 23.9 Å². The van der Waals surface area contributed by atoms with E-state index in [1.54, 1.807) is 23.0 Å². The second kappa shape index (κ2) is 6.34. The van der Waals surface area contributed by atoms with Gasteiger partial charge in [0, 0.05) is 11.4 Å². The number of nitrogens with zero attached hydrogens (tertiary/aromatic N) is 2. The molecule has 6 heteroatoms. The van der Waals surface area contributed by atoms with Gasteiger partial charge in [-0.3, -0.25) is 9.48 Å². The molecule has 0 aliphatic heterocycles. The second-order valence-electron chi connectivity index (χ2n) is 3.83. The number of aryl methyl sites for hydroxylation is 1. The molecule has 0 saturated heterocycles. The van der Waals surface area contributed by atoms with Crippen LogP contribution in [-0.2, 0) is 6.54 Å². The molecule has 0 saturated carbocycles. The summed E-state index contributed by atoms with van der Waals surface area (Å²) in [5.74, 6) is -0.0639. The van der Waals surface area contributed by atoms with E-state index in [0.717, 1.165) is 4.90 Å². The molecule has 3 nitrogen and oxygen atoms in total. The third-order valence-corrected chi connectivity index (χ3v) is 4.10. The van der Waals surface area contributed by atoms with E-state index in [0.29, 0.717) is 16.7 Å². The Kier molecular flexibility index (Phi) is 4.76. The van der Waals surface area contributed by atoms with Crippen molar-refractivity contribution < 1.29 is 9.18 Å². The van der Waals surface area contributed by atoms with Crippen LogP contribution in [0, 0.1) is 5.82 Å². The molecule has 1 aromatic heterocycles. The van der Waals surface area contributed by atoms with Crippen LogP contribution in [0.25, 0.3) is 0 Å². The molecule has 1 heterocycles. The molecule has 100 valence electrons. The molecule has 1 aromatic carbocycles. The number of ketones is 1. The molecule has 0 aliphatic carbocycles. The Hall–Kier alpha value is -1.14. The maximum atomic E-state index is 13.0. The number of carbonyl (C=O) groups is 1. The highest BCUT2D eigenvalue weighted by Crippen LogP contribution is 2.23. The van der Waals surface area contributed by atoms with Crippen LogP contribution in [0.15, 0.2) is 39.8 Å². The van der Waals surface area contributed by atoms with Crippen molar-refractivity contribution in [1.29, 1.82) is 0 Å². The predicted molar refractivity (Wildman–Crippen MR) is 77.1 cm³/mol. The number of benzene rings is 1. The highest BCUT2D eigenvalue weighted by molar-refractivity contribution is 9.10. The van der Waals surface area contributed by atoms with Crippen molar-refractivity contribution in [3.05, 3.63) is 46.4 Å². The number of rotatable bonds is 5. The zero-order valence-corrected chi connectivity index (χ0v) is 12.7. The van der Waals surface area contributed by atoms with Crippen LogP contribution in [0.4, 0.5) is 4.39 Å². The van der Waals surface area contributed by atoms with Crippen molar-refractivity contribution in [2.75, 3.05) is 5.75 Å². The van der Waals surface area contributed by atoms with Gasteiger partial charge in [0.2, 0.25) is 0 Å². The Morgan fingerprint density at radius 2 is 2.32 bits per heavy atom. The summed E-state index contributed by atoms with van der Waals surface area (Å²) >= 11 is 4.64. The Morgan fingerprint density at radius 1 is 1.53 bits per heavy atom. The molecular formula is C13H12BrFN2OS. The number of aromatic nitrogens is 2. The smallest absolute Gasteiger partial charge is 0.192 e. The Labute approximate surface area is 123 Å². The Balaban J connectivity index is 2.07. The monoisotopic (exact) mass is 342 g/mol. The highest BCUT2D eigenvalue weighted by Gasteiger charge is 2.16. The quantitative estimate of drug-likeness (QED) is 0.612. The van der Waals surface area contributed by atoms with Crippen molar-refractivity contribution in [2.45, 2.75) is 18.4 Å². The van der Waals surface area contributed by atoms with E-state index < -0.39 is 0 Å². The van der Waals surface area contributed by atoms with Gasteiger partial charge in [0.25, 0.3) is 0 Å². The van der Waals surface area contributed by atoms with Crippen molar-refractivity contribution in [3.8, 4) is 0 Å². The standard InChI is InChI=1S/C13H12BrFN2OS/c1-2-17-13(11(14)7-16-17)12(18)8-19-10-5-3-4-9(15)6-10/h3-7H,2,8H2,1H3. The summed E-state index contributed by atoms with van der Waals surface area (Å²) in [4.78, 5) is 12.9. The van der Waals surface area contributed by atoms with Crippen LogP contribution < -0.4 is 0 Å². The molecule has 0 amide bonds. The molecule has 0 N–H and O–H groups in total. The maximum Gasteiger partial charge on any atom is 0.192 e. The van der Waals surface area contributed by atoms with Gasteiger partial charge in [-0.05, 0) is 41.1 Å². The zero-order chi connectivity index (χ0) is 13.8. The molecule has 0 bridgehead atoms. The van der Waals surface area contributed by atoms with E-state index in [9.17, 15) is 9.18 Å². The van der Waals surface area contributed by atoms with Crippen molar-refractivity contribution in [2.24, 2.45) is 0 Å². The molecule has 0 spiro atoms. The summed E-state index contributed by atoms with van der Waals surface area (Å²) in [6.45, 7) is 2.56. The zero-order valence-electron chi connectivity index (χ0n) is 10.3. The third-order valence-electron chi connectivity index (χ3n) is 2.52. The number of carbonyl (C=O) groups excluding carboxylic acids is 1.